The Labute approximate surface area is 117 Å². The number of benzene rings is 1. The highest BCUT2D eigenvalue weighted by atomic mass is 16.5. The van der Waals surface area contributed by atoms with E-state index < -0.39 is 11.6 Å². The maximum absolute atomic E-state index is 11.6. The Morgan fingerprint density at radius 3 is 2.65 bits per heavy atom. The zero-order valence-corrected chi connectivity index (χ0v) is 11.5. The third kappa shape index (κ3) is 1.82. The second-order valence-electron chi connectivity index (χ2n) is 5.42. The monoisotopic (exact) mass is 271 g/mol. The number of carbonyl (C=O) groups is 1. The number of carbonyl (C=O) groups excluding carboxylic acids is 1. The lowest BCUT2D eigenvalue weighted by Gasteiger charge is -2.45. The van der Waals surface area contributed by atoms with Gasteiger partial charge in [-0.25, -0.2) is 0 Å². The number of nitrogens with zero attached hydrogens (tertiary/aromatic N) is 2. The standard InChI is InChI=1S/C15H17N3O2/c1-15(2)14(10-19)18(17-7-3-4-8-17)12-6-5-11(16)9-13(12)20-15/h3-10,14H,16H2,1-2H3. The molecule has 5 nitrogen and oxygen atoms in total. The van der Waals surface area contributed by atoms with Gasteiger partial charge in [0, 0.05) is 24.1 Å². The summed E-state index contributed by atoms with van der Waals surface area (Å²) < 4.78 is 7.85. The van der Waals surface area contributed by atoms with Crippen molar-refractivity contribution in [3.05, 3.63) is 42.7 Å². The lowest BCUT2D eigenvalue weighted by Crippen LogP contribution is -2.58. The summed E-state index contributed by atoms with van der Waals surface area (Å²) in [5.41, 5.74) is 6.64. The van der Waals surface area contributed by atoms with Crippen LogP contribution in [0.4, 0.5) is 11.4 Å². The van der Waals surface area contributed by atoms with E-state index in [9.17, 15) is 4.79 Å². The minimum Gasteiger partial charge on any atom is -0.483 e. The van der Waals surface area contributed by atoms with Gasteiger partial charge in [-0.1, -0.05) is 0 Å². The molecule has 0 aliphatic carbocycles. The first-order valence-corrected chi connectivity index (χ1v) is 6.49. The minimum absolute atomic E-state index is 0.425. The molecule has 1 unspecified atom stereocenters. The Morgan fingerprint density at radius 1 is 1.30 bits per heavy atom. The van der Waals surface area contributed by atoms with Crippen molar-refractivity contribution >= 4 is 17.7 Å². The number of nitrogens with two attached hydrogens (primary N) is 1. The van der Waals surface area contributed by atoms with Crippen molar-refractivity contribution in [3.8, 4) is 5.75 Å². The molecule has 20 heavy (non-hydrogen) atoms. The summed E-state index contributed by atoms with van der Waals surface area (Å²) in [6.07, 6.45) is 4.72. The fraction of sp³-hybridized carbons (Fsp3) is 0.267. The van der Waals surface area contributed by atoms with Crippen LogP contribution in [0, 0.1) is 0 Å². The number of fused-ring (bicyclic) bond motifs is 1. The lowest BCUT2D eigenvalue weighted by molar-refractivity contribution is -0.113. The maximum atomic E-state index is 11.6. The van der Waals surface area contributed by atoms with Gasteiger partial charge in [-0.3, -0.25) is 9.69 Å². The van der Waals surface area contributed by atoms with Crippen LogP contribution in [0.2, 0.25) is 0 Å². The highest BCUT2D eigenvalue weighted by Gasteiger charge is 2.42. The largest absolute Gasteiger partial charge is 0.483 e. The number of hydrogen-bond acceptors (Lipinski definition) is 4. The summed E-state index contributed by atoms with van der Waals surface area (Å²) in [6, 6.07) is 8.87. The average molecular weight is 271 g/mol. The highest BCUT2D eigenvalue weighted by Crippen LogP contribution is 2.41. The second kappa shape index (κ2) is 4.30. The minimum atomic E-state index is -0.646. The predicted octanol–water partition coefficient (Wildman–Crippen LogP) is 2.08. The first-order chi connectivity index (χ1) is 9.53. The van der Waals surface area contributed by atoms with Crippen molar-refractivity contribution in [2.24, 2.45) is 0 Å². The molecule has 1 aliphatic heterocycles. The molecule has 1 atom stereocenters. The Hall–Kier alpha value is -2.43. The molecule has 0 saturated carbocycles. The molecule has 2 N–H and O–H groups in total. The Kier molecular flexibility index (Phi) is 2.71. The Balaban J connectivity index is 2.20. The van der Waals surface area contributed by atoms with Crippen LogP contribution < -0.4 is 15.5 Å². The Morgan fingerprint density at radius 2 is 2.00 bits per heavy atom. The molecular formula is C15H17N3O2. The van der Waals surface area contributed by atoms with Crippen LogP contribution in [0.3, 0.4) is 0 Å². The van der Waals surface area contributed by atoms with Crippen LogP contribution in [0.1, 0.15) is 13.8 Å². The molecule has 0 amide bonds. The quantitative estimate of drug-likeness (QED) is 0.671. The predicted molar refractivity (Wildman–Crippen MR) is 77.7 cm³/mol. The molecule has 0 bridgehead atoms. The fourth-order valence-electron chi connectivity index (χ4n) is 2.55. The van der Waals surface area contributed by atoms with E-state index in [0.29, 0.717) is 11.4 Å². The van der Waals surface area contributed by atoms with Gasteiger partial charge in [-0.15, -0.1) is 0 Å². The number of aldehydes is 1. The van der Waals surface area contributed by atoms with Gasteiger partial charge >= 0.3 is 0 Å². The van der Waals surface area contributed by atoms with E-state index in [1.165, 1.54) is 0 Å². The SMILES string of the molecule is CC1(C)Oc2cc(N)ccc2N(n2cccc2)C1C=O. The number of ether oxygens (including phenoxy) is 1. The van der Waals surface area contributed by atoms with Gasteiger partial charge in [0.1, 0.15) is 29.4 Å². The maximum Gasteiger partial charge on any atom is 0.148 e. The van der Waals surface area contributed by atoms with Crippen molar-refractivity contribution in [2.45, 2.75) is 25.5 Å². The van der Waals surface area contributed by atoms with Crippen molar-refractivity contribution in [2.75, 3.05) is 10.7 Å². The molecule has 0 saturated heterocycles. The van der Waals surface area contributed by atoms with E-state index in [4.69, 9.17) is 10.5 Å². The summed E-state index contributed by atoms with van der Waals surface area (Å²) in [5.74, 6) is 0.682. The number of anilines is 2. The summed E-state index contributed by atoms with van der Waals surface area (Å²) in [7, 11) is 0. The van der Waals surface area contributed by atoms with E-state index in [-0.39, 0.29) is 0 Å². The molecule has 2 aromatic rings. The summed E-state index contributed by atoms with van der Waals surface area (Å²) >= 11 is 0. The first-order valence-electron chi connectivity index (χ1n) is 6.49. The topological polar surface area (TPSA) is 60.5 Å². The zero-order chi connectivity index (χ0) is 14.3. The smallest absolute Gasteiger partial charge is 0.148 e. The van der Waals surface area contributed by atoms with E-state index in [2.05, 4.69) is 0 Å². The van der Waals surface area contributed by atoms with Gasteiger partial charge in [0.05, 0.1) is 0 Å². The molecule has 0 fully saturated rings. The van der Waals surface area contributed by atoms with E-state index in [1.807, 2.05) is 54.1 Å². The molecule has 2 heterocycles. The molecule has 104 valence electrons. The van der Waals surface area contributed by atoms with E-state index >= 15 is 0 Å². The third-order valence-electron chi connectivity index (χ3n) is 3.55. The molecule has 1 aliphatic rings. The van der Waals surface area contributed by atoms with Crippen LogP contribution >= 0.6 is 0 Å². The van der Waals surface area contributed by atoms with Gasteiger partial charge in [0.2, 0.25) is 0 Å². The van der Waals surface area contributed by atoms with Crippen LogP contribution in [-0.2, 0) is 4.79 Å². The number of aromatic nitrogens is 1. The molecule has 0 spiro atoms. The molecular weight excluding hydrogens is 254 g/mol. The Bertz CT molecular complexity index is 635. The van der Waals surface area contributed by atoms with Gasteiger partial charge in [0.25, 0.3) is 0 Å². The highest BCUT2D eigenvalue weighted by molar-refractivity contribution is 5.74. The average Bonchev–Trinajstić information content (AvgIpc) is 2.89. The van der Waals surface area contributed by atoms with Crippen LogP contribution in [0.15, 0.2) is 42.7 Å². The normalized spacial score (nSPS) is 20.1. The summed E-state index contributed by atoms with van der Waals surface area (Å²) in [6.45, 7) is 3.80. The van der Waals surface area contributed by atoms with Crippen molar-refractivity contribution in [3.63, 3.8) is 0 Å². The molecule has 0 radical (unpaired) electrons. The zero-order valence-electron chi connectivity index (χ0n) is 11.5. The fourth-order valence-corrected chi connectivity index (χ4v) is 2.55. The van der Waals surface area contributed by atoms with Gasteiger partial charge < -0.3 is 15.3 Å². The van der Waals surface area contributed by atoms with Crippen LogP contribution in [0.5, 0.6) is 5.75 Å². The van der Waals surface area contributed by atoms with Gasteiger partial charge in [-0.05, 0) is 38.1 Å². The number of nitrogen functional groups attached to an aromatic ring is 1. The third-order valence-corrected chi connectivity index (χ3v) is 3.55. The second-order valence-corrected chi connectivity index (χ2v) is 5.42. The molecule has 1 aromatic heterocycles. The van der Waals surface area contributed by atoms with Crippen molar-refractivity contribution in [1.29, 1.82) is 0 Å². The molecule has 1 aromatic carbocycles. The molecule has 3 rings (SSSR count). The van der Waals surface area contributed by atoms with Gasteiger partial charge in [-0.2, -0.15) is 0 Å². The number of hydrogen-bond donors (Lipinski definition) is 1. The van der Waals surface area contributed by atoms with Crippen molar-refractivity contribution in [1.82, 2.24) is 4.68 Å². The van der Waals surface area contributed by atoms with E-state index in [1.54, 1.807) is 12.1 Å². The lowest BCUT2D eigenvalue weighted by atomic mass is 9.96. The summed E-state index contributed by atoms with van der Waals surface area (Å²) in [4.78, 5) is 11.6. The van der Waals surface area contributed by atoms with Crippen LogP contribution in [-0.4, -0.2) is 22.6 Å². The number of rotatable bonds is 2. The van der Waals surface area contributed by atoms with Crippen LogP contribution in [0.25, 0.3) is 0 Å². The molecule has 5 heteroatoms. The van der Waals surface area contributed by atoms with Gasteiger partial charge in [0.15, 0.2) is 0 Å². The van der Waals surface area contributed by atoms with Crippen molar-refractivity contribution < 1.29 is 9.53 Å². The summed E-state index contributed by atoms with van der Waals surface area (Å²) in [5, 5.41) is 1.92. The first kappa shape index (κ1) is 12.6. The van der Waals surface area contributed by atoms with E-state index in [0.717, 1.165) is 12.0 Å².